The van der Waals surface area contributed by atoms with E-state index in [1.165, 1.54) is 0 Å². The summed E-state index contributed by atoms with van der Waals surface area (Å²) in [6, 6.07) is 13.4. The maximum atomic E-state index is 8.53. The third-order valence-corrected chi connectivity index (χ3v) is 4.04. The molecule has 0 N–H and O–H groups in total. The van der Waals surface area contributed by atoms with E-state index in [0.29, 0.717) is 23.1 Å². The summed E-state index contributed by atoms with van der Waals surface area (Å²) in [7, 11) is 0. The number of para-hydroxylation sites is 1. The van der Waals surface area contributed by atoms with Crippen LogP contribution in [0, 0.1) is 0 Å². The molecule has 110 valence electrons. The van der Waals surface area contributed by atoms with Gasteiger partial charge in [-0.05, 0) is 40.9 Å². The molecule has 1 aliphatic heterocycles. The zero-order valence-electron chi connectivity index (χ0n) is 11.6. The molecular formula is C16H12Cl2N4. The minimum Gasteiger partial charge on any atom is -0.336 e. The van der Waals surface area contributed by atoms with Crippen LogP contribution in [0.2, 0.25) is 10.0 Å². The lowest BCUT2D eigenvalue weighted by Crippen LogP contribution is -2.25. The lowest BCUT2D eigenvalue weighted by atomic mass is 10.0. The van der Waals surface area contributed by atoms with E-state index in [4.69, 9.17) is 28.7 Å². The van der Waals surface area contributed by atoms with Crippen molar-refractivity contribution < 1.29 is 0 Å². The van der Waals surface area contributed by atoms with Crippen LogP contribution in [0.15, 0.2) is 53.2 Å². The molecule has 0 saturated heterocycles. The Morgan fingerprint density at radius 2 is 1.95 bits per heavy atom. The number of halogens is 2. The molecule has 6 heteroatoms. The Hall–Kier alpha value is -2.13. The van der Waals surface area contributed by atoms with E-state index >= 15 is 0 Å². The van der Waals surface area contributed by atoms with E-state index in [2.05, 4.69) is 14.9 Å². The molecule has 0 amide bonds. The number of benzene rings is 2. The topological polar surface area (TPSA) is 52.0 Å². The van der Waals surface area contributed by atoms with Crippen molar-refractivity contribution in [1.82, 2.24) is 0 Å². The van der Waals surface area contributed by atoms with E-state index in [9.17, 15) is 0 Å². The zero-order valence-corrected chi connectivity index (χ0v) is 13.1. The summed E-state index contributed by atoms with van der Waals surface area (Å²) in [5, 5.41) is 5.00. The largest absolute Gasteiger partial charge is 0.336 e. The number of hydrogen-bond acceptors (Lipinski definition) is 2. The first-order chi connectivity index (χ1) is 10.7. The first kappa shape index (κ1) is 14.8. The standard InChI is InChI=1S/C16H12Cl2N4/c17-13-6-5-12-7-11(9-20-21-19)10-22(16(12)8-13)15-4-2-1-3-14(15)18/h1-8H,9-10H2. The number of fused-ring (bicyclic) bond motifs is 1. The van der Waals surface area contributed by atoms with Crippen molar-refractivity contribution in [3.63, 3.8) is 0 Å². The zero-order chi connectivity index (χ0) is 15.5. The first-order valence-corrected chi connectivity index (χ1v) is 7.46. The quantitative estimate of drug-likeness (QED) is 0.396. The Labute approximate surface area is 138 Å². The van der Waals surface area contributed by atoms with Gasteiger partial charge in [0.05, 0.1) is 16.4 Å². The molecule has 0 atom stereocenters. The summed E-state index contributed by atoms with van der Waals surface area (Å²) < 4.78 is 0. The minimum atomic E-state index is 0.333. The fourth-order valence-electron chi connectivity index (χ4n) is 2.53. The van der Waals surface area contributed by atoms with Crippen molar-refractivity contribution in [2.45, 2.75) is 0 Å². The van der Waals surface area contributed by atoms with Crippen LogP contribution < -0.4 is 4.90 Å². The summed E-state index contributed by atoms with van der Waals surface area (Å²) in [5.41, 5.74) is 12.5. The molecule has 0 bridgehead atoms. The SMILES string of the molecule is [N-]=[N+]=NCC1=Cc2ccc(Cl)cc2N(c2ccccc2Cl)C1. The predicted octanol–water partition coefficient (Wildman–Crippen LogP) is 5.84. The second kappa shape index (κ2) is 6.32. The predicted molar refractivity (Wildman–Crippen MR) is 91.9 cm³/mol. The molecule has 22 heavy (non-hydrogen) atoms. The molecule has 4 nitrogen and oxygen atoms in total. The van der Waals surface area contributed by atoms with Gasteiger partial charge >= 0.3 is 0 Å². The molecule has 0 aliphatic carbocycles. The van der Waals surface area contributed by atoms with Gasteiger partial charge in [-0.1, -0.05) is 52.6 Å². The molecule has 1 aliphatic rings. The molecule has 0 aromatic heterocycles. The normalized spacial score (nSPS) is 13.2. The molecule has 0 fully saturated rings. The highest BCUT2D eigenvalue weighted by Crippen LogP contribution is 2.39. The van der Waals surface area contributed by atoms with Gasteiger partial charge in [-0.25, -0.2) is 0 Å². The van der Waals surface area contributed by atoms with E-state index in [0.717, 1.165) is 22.5 Å². The third-order valence-electron chi connectivity index (χ3n) is 3.48. The number of hydrogen-bond donors (Lipinski definition) is 0. The van der Waals surface area contributed by atoms with Crippen LogP contribution in [0.3, 0.4) is 0 Å². The summed E-state index contributed by atoms with van der Waals surface area (Å²) >= 11 is 12.5. The first-order valence-electron chi connectivity index (χ1n) is 6.71. The molecule has 2 aromatic carbocycles. The van der Waals surface area contributed by atoms with E-state index in [1.807, 2.05) is 48.5 Å². The highest BCUT2D eigenvalue weighted by atomic mass is 35.5. The summed E-state index contributed by atoms with van der Waals surface area (Å²) in [6.45, 7) is 0.940. The fourth-order valence-corrected chi connectivity index (χ4v) is 2.93. The van der Waals surface area contributed by atoms with E-state index in [1.54, 1.807) is 0 Å². The van der Waals surface area contributed by atoms with Crippen LogP contribution in [-0.4, -0.2) is 13.1 Å². The van der Waals surface area contributed by atoms with Crippen LogP contribution in [0.25, 0.3) is 16.5 Å². The van der Waals surface area contributed by atoms with Crippen LogP contribution in [0.1, 0.15) is 5.56 Å². The minimum absolute atomic E-state index is 0.333. The Bertz CT molecular complexity index is 794. The average Bonchev–Trinajstić information content (AvgIpc) is 2.53. The van der Waals surface area contributed by atoms with E-state index < -0.39 is 0 Å². The maximum Gasteiger partial charge on any atom is 0.0643 e. The van der Waals surface area contributed by atoms with Crippen LogP contribution in [-0.2, 0) is 0 Å². The van der Waals surface area contributed by atoms with Crippen molar-refractivity contribution in [3.8, 4) is 0 Å². The monoisotopic (exact) mass is 330 g/mol. The maximum absolute atomic E-state index is 8.53. The van der Waals surface area contributed by atoms with Gasteiger partial charge in [0.2, 0.25) is 0 Å². The highest BCUT2D eigenvalue weighted by molar-refractivity contribution is 6.33. The van der Waals surface area contributed by atoms with Crippen molar-refractivity contribution in [1.29, 1.82) is 0 Å². The number of azide groups is 1. The van der Waals surface area contributed by atoms with Gasteiger partial charge in [-0.15, -0.1) is 0 Å². The second-order valence-corrected chi connectivity index (χ2v) is 5.78. The molecule has 2 aromatic rings. The van der Waals surface area contributed by atoms with Crippen molar-refractivity contribution in [2.24, 2.45) is 5.11 Å². The molecule has 0 saturated carbocycles. The van der Waals surface area contributed by atoms with Crippen LogP contribution in [0.5, 0.6) is 0 Å². The molecule has 1 heterocycles. The van der Waals surface area contributed by atoms with Gasteiger partial charge in [-0.2, -0.15) is 0 Å². The molecule has 0 radical (unpaired) electrons. The van der Waals surface area contributed by atoms with Crippen molar-refractivity contribution >= 4 is 40.7 Å². The molecule has 0 unspecified atom stereocenters. The van der Waals surface area contributed by atoms with Crippen LogP contribution >= 0.6 is 23.2 Å². The summed E-state index contributed by atoms with van der Waals surface area (Å²) in [6.07, 6.45) is 2.04. The Morgan fingerprint density at radius 3 is 2.73 bits per heavy atom. The van der Waals surface area contributed by atoms with Crippen molar-refractivity contribution in [3.05, 3.63) is 74.1 Å². The van der Waals surface area contributed by atoms with E-state index in [-0.39, 0.29) is 0 Å². The van der Waals surface area contributed by atoms with Crippen LogP contribution in [0.4, 0.5) is 11.4 Å². The number of anilines is 2. The summed E-state index contributed by atoms with van der Waals surface area (Å²) in [4.78, 5) is 4.92. The van der Waals surface area contributed by atoms with Gasteiger partial charge in [-0.3, -0.25) is 0 Å². The Kier molecular flexibility index (Phi) is 4.25. The third kappa shape index (κ3) is 2.90. The lowest BCUT2D eigenvalue weighted by molar-refractivity contribution is 0.971. The number of nitrogens with zero attached hydrogens (tertiary/aromatic N) is 4. The van der Waals surface area contributed by atoms with Gasteiger partial charge in [0.15, 0.2) is 0 Å². The van der Waals surface area contributed by atoms with Gasteiger partial charge in [0, 0.05) is 23.0 Å². The van der Waals surface area contributed by atoms with Gasteiger partial charge in [0.25, 0.3) is 0 Å². The van der Waals surface area contributed by atoms with Gasteiger partial charge < -0.3 is 4.90 Å². The Morgan fingerprint density at radius 1 is 1.14 bits per heavy atom. The second-order valence-electron chi connectivity index (χ2n) is 4.93. The molecule has 3 rings (SSSR count). The van der Waals surface area contributed by atoms with Crippen molar-refractivity contribution in [2.75, 3.05) is 18.0 Å². The smallest absolute Gasteiger partial charge is 0.0643 e. The fraction of sp³-hybridized carbons (Fsp3) is 0.125. The molecular weight excluding hydrogens is 319 g/mol. The summed E-state index contributed by atoms with van der Waals surface area (Å²) in [5.74, 6) is 0. The van der Waals surface area contributed by atoms with Gasteiger partial charge in [0.1, 0.15) is 0 Å². The highest BCUT2D eigenvalue weighted by Gasteiger charge is 2.21. The molecule has 0 spiro atoms. The number of rotatable bonds is 3. The Balaban J connectivity index is 2.11. The lowest BCUT2D eigenvalue weighted by Gasteiger charge is -2.32. The average molecular weight is 331 g/mol.